The van der Waals surface area contributed by atoms with Gasteiger partial charge in [0.25, 0.3) is 0 Å². The average Bonchev–Trinajstić information content (AvgIpc) is 3.38. The van der Waals surface area contributed by atoms with Gasteiger partial charge in [0.1, 0.15) is 13.2 Å². The molecule has 0 saturated heterocycles. The predicted octanol–water partition coefficient (Wildman–Crippen LogP) is 19.8. The Labute approximate surface area is 443 Å². The van der Waals surface area contributed by atoms with Crippen molar-refractivity contribution in [1.82, 2.24) is 0 Å². The van der Waals surface area contributed by atoms with E-state index in [2.05, 4.69) is 130 Å². The third-order valence-corrected chi connectivity index (χ3v) is 12.0. The zero-order valence-electron chi connectivity index (χ0n) is 46.4. The molecule has 0 heterocycles. The topological polar surface area (TPSA) is 78.9 Å². The predicted molar refractivity (Wildman–Crippen MR) is 311 cm³/mol. The van der Waals surface area contributed by atoms with Gasteiger partial charge in [-0.05, 0) is 103 Å². The van der Waals surface area contributed by atoms with Gasteiger partial charge in [0, 0.05) is 19.3 Å². The van der Waals surface area contributed by atoms with Crippen LogP contribution in [0.25, 0.3) is 0 Å². The van der Waals surface area contributed by atoms with Gasteiger partial charge in [0.2, 0.25) is 0 Å². The van der Waals surface area contributed by atoms with Crippen molar-refractivity contribution in [1.29, 1.82) is 0 Å². The van der Waals surface area contributed by atoms with E-state index in [1.807, 2.05) is 24.3 Å². The molecular formula is C66H106O6. The van der Waals surface area contributed by atoms with Gasteiger partial charge in [0.05, 0.1) is 0 Å². The molecule has 1 unspecified atom stereocenters. The van der Waals surface area contributed by atoms with E-state index in [0.717, 1.165) is 109 Å². The van der Waals surface area contributed by atoms with E-state index in [1.54, 1.807) is 0 Å². The number of carbonyl (C=O) groups is 3. The fraction of sp³-hybridized carbons (Fsp3) is 0.621. The van der Waals surface area contributed by atoms with E-state index in [1.165, 1.54) is 89.9 Å². The SMILES string of the molecule is CC/C=C\C/C=C\C/C=C\CCCCCCCCCCCC(=O)OCC(COC(=O)CCC/C=C\C/C=C\C/C=C\CCCCCCCC)OC(=O)CCCCCCC\C=C/C=C\C=C/C=C\C=C/CCC. The second-order valence-electron chi connectivity index (χ2n) is 18.9. The van der Waals surface area contributed by atoms with E-state index in [4.69, 9.17) is 14.2 Å². The normalized spacial score (nSPS) is 13.1. The molecule has 0 rings (SSSR count). The molecule has 0 aliphatic carbocycles. The molecule has 0 bridgehead atoms. The highest BCUT2D eigenvalue weighted by atomic mass is 16.6. The van der Waals surface area contributed by atoms with Crippen molar-refractivity contribution in [3.63, 3.8) is 0 Å². The number of hydrogen-bond donors (Lipinski definition) is 0. The smallest absolute Gasteiger partial charge is 0.306 e. The summed E-state index contributed by atoms with van der Waals surface area (Å²) in [5, 5.41) is 0. The molecule has 6 heteroatoms. The molecule has 0 aliphatic rings. The third kappa shape index (κ3) is 56.5. The van der Waals surface area contributed by atoms with Crippen LogP contribution in [0.1, 0.15) is 245 Å². The van der Waals surface area contributed by atoms with Crippen LogP contribution in [0.5, 0.6) is 0 Å². The fourth-order valence-electron chi connectivity index (χ4n) is 7.62. The number of carbonyl (C=O) groups excluding carboxylic acids is 3. The Morgan fingerprint density at radius 2 is 0.639 bits per heavy atom. The van der Waals surface area contributed by atoms with E-state index in [0.29, 0.717) is 12.8 Å². The highest BCUT2D eigenvalue weighted by molar-refractivity contribution is 5.71. The van der Waals surface area contributed by atoms with Crippen molar-refractivity contribution >= 4 is 17.9 Å². The van der Waals surface area contributed by atoms with Crippen molar-refractivity contribution in [3.8, 4) is 0 Å². The second-order valence-corrected chi connectivity index (χ2v) is 18.9. The number of esters is 3. The zero-order chi connectivity index (χ0) is 52.2. The van der Waals surface area contributed by atoms with Crippen LogP contribution in [0.15, 0.2) is 134 Å². The first-order chi connectivity index (χ1) is 35.5. The quantitative estimate of drug-likeness (QED) is 0.0199. The van der Waals surface area contributed by atoms with Crippen LogP contribution in [0, 0.1) is 0 Å². The minimum Gasteiger partial charge on any atom is -0.462 e. The van der Waals surface area contributed by atoms with Gasteiger partial charge < -0.3 is 14.2 Å². The first-order valence-corrected chi connectivity index (χ1v) is 29.3. The lowest BCUT2D eigenvalue weighted by Gasteiger charge is -2.18. The van der Waals surface area contributed by atoms with Crippen molar-refractivity contribution in [2.24, 2.45) is 0 Å². The van der Waals surface area contributed by atoms with Gasteiger partial charge in [-0.2, -0.15) is 0 Å². The lowest BCUT2D eigenvalue weighted by molar-refractivity contribution is -0.167. The van der Waals surface area contributed by atoms with Crippen molar-refractivity contribution in [2.45, 2.75) is 252 Å². The van der Waals surface area contributed by atoms with Gasteiger partial charge in [0.15, 0.2) is 6.10 Å². The monoisotopic (exact) mass is 995 g/mol. The molecule has 0 spiro atoms. The Kier molecular flexibility index (Phi) is 55.5. The molecule has 0 aromatic rings. The van der Waals surface area contributed by atoms with Gasteiger partial charge in [-0.15, -0.1) is 0 Å². The molecule has 72 heavy (non-hydrogen) atoms. The lowest BCUT2D eigenvalue weighted by atomic mass is 10.1. The minimum absolute atomic E-state index is 0.112. The fourth-order valence-corrected chi connectivity index (χ4v) is 7.62. The molecule has 0 aromatic carbocycles. The standard InChI is InChI=1S/C66H106O6/c1-4-7-10-13-16-19-22-25-28-31-33-36-38-41-44-47-50-53-56-59-65(68)71-62-63(61-70-64(67)58-55-52-49-46-43-40-37-34-30-27-24-21-18-15-12-9-6-3)72-66(69)60-57-54-51-48-45-42-39-35-32-29-26-23-20-17-14-11-8-5-2/h7,10-11,14,16-17,19-20,23,25-30,32,35,37,39-40,46,49,63H,4-6,8-9,12-13,15,18,21-22,24,31,33-34,36,38,41-45,47-48,50-62H2,1-3H3/b10-7-,14-11-,19-16-,20-17-,26-23-,28-25-,30-27-,32-29-,39-35-,40-37-,49-46-. The highest BCUT2D eigenvalue weighted by Gasteiger charge is 2.19. The van der Waals surface area contributed by atoms with E-state index in [9.17, 15) is 14.4 Å². The van der Waals surface area contributed by atoms with Crippen molar-refractivity contribution in [2.75, 3.05) is 13.2 Å². The summed E-state index contributed by atoms with van der Waals surface area (Å²) in [6, 6.07) is 0. The summed E-state index contributed by atoms with van der Waals surface area (Å²) < 4.78 is 16.8. The molecule has 0 aliphatic heterocycles. The maximum absolute atomic E-state index is 12.9. The summed E-state index contributed by atoms with van der Waals surface area (Å²) in [6.45, 7) is 6.36. The molecule has 0 N–H and O–H groups in total. The zero-order valence-corrected chi connectivity index (χ0v) is 46.4. The van der Waals surface area contributed by atoms with Crippen LogP contribution in [-0.4, -0.2) is 37.2 Å². The number of ether oxygens (including phenoxy) is 3. The van der Waals surface area contributed by atoms with Gasteiger partial charge in [-0.1, -0.05) is 257 Å². The Bertz CT molecular complexity index is 1560. The maximum atomic E-state index is 12.9. The summed E-state index contributed by atoms with van der Waals surface area (Å²) in [7, 11) is 0. The van der Waals surface area contributed by atoms with Gasteiger partial charge >= 0.3 is 17.9 Å². The largest absolute Gasteiger partial charge is 0.462 e. The highest BCUT2D eigenvalue weighted by Crippen LogP contribution is 2.14. The summed E-state index contributed by atoms with van der Waals surface area (Å²) >= 11 is 0. The van der Waals surface area contributed by atoms with Crippen LogP contribution in [0.4, 0.5) is 0 Å². The Morgan fingerprint density at radius 1 is 0.306 bits per heavy atom. The molecule has 0 radical (unpaired) electrons. The molecule has 6 nitrogen and oxygen atoms in total. The van der Waals surface area contributed by atoms with Crippen LogP contribution >= 0.6 is 0 Å². The summed E-state index contributed by atoms with van der Waals surface area (Å²) in [5.74, 6) is -0.999. The summed E-state index contributed by atoms with van der Waals surface area (Å²) in [4.78, 5) is 38.2. The Morgan fingerprint density at radius 3 is 1.08 bits per heavy atom. The molecule has 0 saturated carbocycles. The molecule has 0 fully saturated rings. The number of unbranched alkanes of at least 4 members (excludes halogenated alkanes) is 22. The average molecular weight is 996 g/mol. The minimum atomic E-state index is -0.820. The summed E-state index contributed by atoms with van der Waals surface area (Å²) in [5.41, 5.74) is 0. The summed E-state index contributed by atoms with van der Waals surface area (Å²) in [6.07, 6.45) is 83.0. The van der Waals surface area contributed by atoms with Crippen molar-refractivity contribution in [3.05, 3.63) is 134 Å². The Balaban J connectivity index is 4.54. The molecule has 406 valence electrons. The maximum Gasteiger partial charge on any atom is 0.306 e. The molecule has 0 aromatic heterocycles. The van der Waals surface area contributed by atoms with Crippen LogP contribution < -0.4 is 0 Å². The van der Waals surface area contributed by atoms with Crippen LogP contribution in [-0.2, 0) is 28.6 Å². The Hall–Kier alpha value is -4.45. The number of allylic oxidation sites excluding steroid dienone is 22. The third-order valence-electron chi connectivity index (χ3n) is 12.0. The lowest BCUT2D eigenvalue weighted by Crippen LogP contribution is -2.30. The first-order valence-electron chi connectivity index (χ1n) is 29.3. The number of rotatable bonds is 51. The molecule has 0 amide bonds. The van der Waals surface area contributed by atoms with Crippen molar-refractivity contribution < 1.29 is 28.6 Å². The number of hydrogen-bond acceptors (Lipinski definition) is 6. The van der Waals surface area contributed by atoms with E-state index >= 15 is 0 Å². The second kappa shape index (κ2) is 59.1. The van der Waals surface area contributed by atoms with E-state index < -0.39 is 6.10 Å². The van der Waals surface area contributed by atoms with Crippen LogP contribution in [0.2, 0.25) is 0 Å². The van der Waals surface area contributed by atoms with E-state index in [-0.39, 0.29) is 44.0 Å². The molecule has 1 atom stereocenters. The van der Waals surface area contributed by atoms with Gasteiger partial charge in [-0.25, -0.2) is 0 Å². The van der Waals surface area contributed by atoms with Gasteiger partial charge in [-0.3, -0.25) is 14.4 Å². The first kappa shape index (κ1) is 67.5. The molecular weight excluding hydrogens is 889 g/mol. The van der Waals surface area contributed by atoms with Crippen LogP contribution in [0.3, 0.4) is 0 Å².